The lowest BCUT2D eigenvalue weighted by Gasteiger charge is -2.39. The molecule has 0 unspecified atom stereocenters. The fourth-order valence-electron chi connectivity index (χ4n) is 3.95. The summed E-state index contributed by atoms with van der Waals surface area (Å²) in [6.45, 7) is 6.23. The summed E-state index contributed by atoms with van der Waals surface area (Å²) in [5.41, 5.74) is 3.55. The van der Waals surface area contributed by atoms with Crippen LogP contribution in [0.4, 0.5) is 5.95 Å². The van der Waals surface area contributed by atoms with Gasteiger partial charge in [0, 0.05) is 6.42 Å². The van der Waals surface area contributed by atoms with Crippen LogP contribution in [0.1, 0.15) is 55.5 Å². The SMILES string of the molecule is Cc1ccc([C@@H]2C[C@@H](c3ccccc3)N(C(=O)CC(C)C)c3ncnn32)cc1. The Balaban J connectivity index is 1.81. The fourth-order valence-corrected chi connectivity index (χ4v) is 3.95. The average Bonchev–Trinajstić information content (AvgIpc) is 3.17. The highest BCUT2D eigenvalue weighted by molar-refractivity contribution is 5.93. The van der Waals surface area contributed by atoms with Crippen molar-refractivity contribution in [1.29, 1.82) is 0 Å². The van der Waals surface area contributed by atoms with Gasteiger partial charge in [-0.1, -0.05) is 74.0 Å². The van der Waals surface area contributed by atoms with Crippen LogP contribution in [0.15, 0.2) is 60.9 Å². The second-order valence-electron chi connectivity index (χ2n) is 7.95. The van der Waals surface area contributed by atoms with Gasteiger partial charge in [-0.2, -0.15) is 10.1 Å². The van der Waals surface area contributed by atoms with Gasteiger partial charge in [0.1, 0.15) is 6.33 Å². The predicted octanol–water partition coefficient (Wildman–Crippen LogP) is 4.70. The molecular weight excluding hydrogens is 348 g/mol. The van der Waals surface area contributed by atoms with E-state index in [0.717, 1.165) is 12.0 Å². The third-order valence-electron chi connectivity index (χ3n) is 5.32. The van der Waals surface area contributed by atoms with E-state index in [1.54, 1.807) is 6.33 Å². The molecule has 0 bridgehead atoms. The van der Waals surface area contributed by atoms with E-state index in [1.165, 1.54) is 11.1 Å². The third kappa shape index (κ3) is 3.44. The normalized spacial score (nSPS) is 18.9. The largest absolute Gasteiger partial charge is 0.274 e. The number of hydrogen-bond donors (Lipinski definition) is 0. The van der Waals surface area contributed by atoms with Gasteiger partial charge in [0.05, 0.1) is 12.1 Å². The molecule has 5 nitrogen and oxygen atoms in total. The monoisotopic (exact) mass is 374 g/mol. The van der Waals surface area contributed by atoms with Crippen LogP contribution in [-0.2, 0) is 4.79 Å². The smallest absolute Gasteiger partial charge is 0.231 e. The first-order valence-electron chi connectivity index (χ1n) is 9.87. The van der Waals surface area contributed by atoms with Crippen molar-refractivity contribution in [2.75, 3.05) is 4.90 Å². The Morgan fingerprint density at radius 3 is 2.39 bits per heavy atom. The molecule has 2 atom stereocenters. The van der Waals surface area contributed by atoms with Gasteiger partial charge in [-0.25, -0.2) is 4.68 Å². The van der Waals surface area contributed by atoms with Gasteiger partial charge in [-0.05, 0) is 30.4 Å². The maximum atomic E-state index is 13.2. The number of rotatable bonds is 4. The van der Waals surface area contributed by atoms with Crippen LogP contribution in [0, 0.1) is 12.8 Å². The van der Waals surface area contributed by atoms with Gasteiger partial charge in [-0.3, -0.25) is 9.69 Å². The van der Waals surface area contributed by atoms with E-state index in [0.29, 0.717) is 12.4 Å². The number of aryl methyl sites for hydroxylation is 1. The summed E-state index contributed by atoms with van der Waals surface area (Å²) in [7, 11) is 0. The number of amides is 1. The number of carbonyl (C=O) groups excluding carboxylic acids is 1. The number of carbonyl (C=O) groups is 1. The summed E-state index contributed by atoms with van der Waals surface area (Å²) >= 11 is 0. The number of nitrogens with zero attached hydrogens (tertiary/aromatic N) is 4. The zero-order chi connectivity index (χ0) is 19.7. The second kappa shape index (κ2) is 7.58. The Kier molecular flexibility index (Phi) is 4.99. The van der Waals surface area contributed by atoms with Gasteiger partial charge in [-0.15, -0.1) is 0 Å². The van der Waals surface area contributed by atoms with E-state index in [2.05, 4.69) is 67.3 Å². The first-order valence-corrected chi connectivity index (χ1v) is 9.87. The second-order valence-corrected chi connectivity index (χ2v) is 7.95. The number of aromatic nitrogens is 3. The van der Waals surface area contributed by atoms with Gasteiger partial charge >= 0.3 is 0 Å². The Morgan fingerprint density at radius 2 is 1.71 bits per heavy atom. The zero-order valence-electron chi connectivity index (χ0n) is 16.6. The standard InChI is InChI=1S/C23H26N4O/c1-16(2)13-22(28)26-20(18-7-5-4-6-8-18)14-21(27-23(26)24-15-25-27)19-11-9-17(3)10-12-19/h4-12,15-16,20-21H,13-14H2,1-3H3/t20-,21-/m0/s1. The van der Waals surface area contributed by atoms with E-state index >= 15 is 0 Å². The van der Waals surface area contributed by atoms with Gasteiger partial charge in [0.2, 0.25) is 11.9 Å². The van der Waals surface area contributed by atoms with Crippen LogP contribution in [0.2, 0.25) is 0 Å². The summed E-state index contributed by atoms with van der Waals surface area (Å²) < 4.78 is 1.91. The van der Waals surface area contributed by atoms with Crippen LogP contribution in [-0.4, -0.2) is 20.7 Å². The van der Waals surface area contributed by atoms with Crippen molar-refractivity contribution in [1.82, 2.24) is 14.8 Å². The predicted molar refractivity (Wildman–Crippen MR) is 110 cm³/mol. The Hall–Kier alpha value is -2.95. The van der Waals surface area contributed by atoms with Crippen LogP contribution in [0.5, 0.6) is 0 Å². The summed E-state index contributed by atoms with van der Waals surface area (Å²) in [4.78, 5) is 19.5. The topological polar surface area (TPSA) is 51.0 Å². The molecule has 28 heavy (non-hydrogen) atoms. The van der Waals surface area contributed by atoms with Crippen LogP contribution >= 0.6 is 0 Å². The molecule has 4 rings (SSSR count). The molecule has 0 fully saturated rings. The number of anilines is 1. The average molecular weight is 374 g/mol. The minimum atomic E-state index is -0.0598. The molecule has 0 aliphatic carbocycles. The molecule has 5 heteroatoms. The summed E-state index contributed by atoms with van der Waals surface area (Å²) in [5, 5.41) is 4.49. The summed E-state index contributed by atoms with van der Waals surface area (Å²) in [6, 6.07) is 18.8. The zero-order valence-corrected chi connectivity index (χ0v) is 16.6. The lowest BCUT2D eigenvalue weighted by Crippen LogP contribution is -2.43. The van der Waals surface area contributed by atoms with E-state index in [-0.39, 0.29) is 23.9 Å². The van der Waals surface area contributed by atoms with Crippen LogP contribution in [0.3, 0.4) is 0 Å². The summed E-state index contributed by atoms with van der Waals surface area (Å²) in [6.07, 6.45) is 2.82. The maximum Gasteiger partial charge on any atom is 0.231 e. The van der Waals surface area contributed by atoms with Crippen molar-refractivity contribution >= 4 is 11.9 Å². The highest BCUT2D eigenvalue weighted by atomic mass is 16.2. The molecule has 3 aromatic rings. The molecule has 0 saturated heterocycles. The van der Waals surface area contributed by atoms with E-state index in [1.807, 2.05) is 27.8 Å². The molecule has 0 N–H and O–H groups in total. The van der Waals surface area contributed by atoms with E-state index < -0.39 is 0 Å². The van der Waals surface area contributed by atoms with Crippen molar-refractivity contribution in [2.24, 2.45) is 5.92 Å². The quantitative estimate of drug-likeness (QED) is 0.665. The van der Waals surface area contributed by atoms with Crippen molar-refractivity contribution in [3.8, 4) is 0 Å². The van der Waals surface area contributed by atoms with Gasteiger partial charge in [0.15, 0.2) is 0 Å². The molecule has 144 valence electrons. The highest BCUT2D eigenvalue weighted by Crippen LogP contribution is 2.42. The third-order valence-corrected chi connectivity index (χ3v) is 5.32. The Bertz CT molecular complexity index is 946. The molecule has 1 aromatic heterocycles. The van der Waals surface area contributed by atoms with Gasteiger partial charge < -0.3 is 0 Å². The molecule has 1 aliphatic rings. The van der Waals surface area contributed by atoms with Crippen molar-refractivity contribution in [2.45, 2.75) is 45.7 Å². The number of fused-ring (bicyclic) bond motifs is 1. The summed E-state index contributed by atoms with van der Waals surface area (Å²) in [5.74, 6) is 1.02. The molecule has 2 heterocycles. The number of benzene rings is 2. The lowest BCUT2D eigenvalue weighted by molar-refractivity contribution is -0.120. The molecule has 1 amide bonds. The molecule has 0 radical (unpaired) electrons. The Labute approximate surface area is 166 Å². The van der Waals surface area contributed by atoms with Gasteiger partial charge in [0.25, 0.3) is 0 Å². The molecule has 1 aliphatic heterocycles. The molecule has 0 saturated carbocycles. The Morgan fingerprint density at radius 1 is 1.04 bits per heavy atom. The minimum Gasteiger partial charge on any atom is -0.274 e. The van der Waals surface area contributed by atoms with E-state index in [4.69, 9.17) is 0 Å². The lowest BCUT2D eigenvalue weighted by atomic mass is 9.91. The minimum absolute atomic E-state index is 0.0476. The molecule has 0 spiro atoms. The van der Waals surface area contributed by atoms with E-state index in [9.17, 15) is 4.79 Å². The highest BCUT2D eigenvalue weighted by Gasteiger charge is 2.39. The molecule has 2 aromatic carbocycles. The number of hydrogen-bond acceptors (Lipinski definition) is 3. The first-order chi connectivity index (χ1) is 13.5. The molecular formula is C23H26N4O. The maximum absolute atomic E-state index is 13.2. The first kappa shape index (κ1) is 18.4. The van der Waals surface area contributed by atoms with Crippen molar-refractivity contribution in [3.63, 3.8) is 0 Å². The van der Waals surface area contributed by atoms with Crippen molar-refractivity contribution in [3.05, 3.63) is 77.6 Å². The van der Waals surface area contributed by atoms with Crippen LogP contribution < -0.4 is 4.90 Å². The van der Waals surface area contributed by atoms with Crippen LogP contribution in [0.25, 0.3) is 0 Å². The fraction of sp³-hybridized carbons (Fsp3) is 0.348. The van der Waals surface area contributed by atoms with Crippen molar-refractivity contribution < 1.29 is 4.79 Å².